The molecule has 0 saturated carbocycles. The Bertz CT molecular complexity index is 1060. The number of carbonyl (C=O) groups excluding carboxylic acids is 2. The van der Waals surface area contributed by atoms with Gasteiger partial charge in [-0.1, -0.05) is 41.6 Å². The summed E-state index contributed by atoms with van der Waals surface area (Å²) in [5, 5.41) is 3.21. The molecule has 0 spiro atoms. The predicted octanol–water partition coefficient (Wildman–Crippen LogP) is 4.96. The number of thioether (sulfide) groups is 1. The zero-order valence-corrected chi connectivity index (χ0v) is 19.9. The summed E-state index contributed by atoms with van der Waals surface area (Å²) in [6.45, 7) is -0.210. The van der Waals surface area contributed by atoms with Crippen molar-refractivity contribution >= 4 is 79.4 Å². The fourth-order valence-corrected chi connectivity index (χ4v) is 4.11. The highest BCUT2D eigenvalue weighted by molar-refractivity contribution is 9.10. The summed E-state index contributed by atoms with van der Waals surface area (Å²) in [6, 6.07) is 10.3. The lowest BCUT2D eigenvalue weighted by molar-refractivity contribution is -0.121. The second-order valence-electron chi connectivity index (χ2n) is 6.12. The Hall–Kier alpha value is -2.07. The molecule has 0 aliphatic carbocycles. The third kappa shape index (κ3) is 5.34. The average molecular weight is 528 g/mol. The maximum atomic E-state index is 12.2. The standard InChI is InChI=1S/C20H16BrClN2O4S2/c1-24-19(26)17(30-20(24)29)8-11-3-6-15(16(7-11)27-2)28-10-18(25)23-12-4-5-13(21)14(22)9-12/h3-9H,10H2,1-2H3,(H,23,25)/b17-8-. The molecule has 1 fully saturated rings. The van der Waals surface area contributed by atoms with E-state index in [4.69, 9.17) is 33.3 Å². The van der Waals surface area contributed by atoms with Crippen molar-refractivity contribution in [2.45, 2.75) is 0 Å². The number of methoxy groups -OCH3 is 1. The predicted molar refractivity (Wildman–Crippen MR) is 127 cm³/mol. The summed E-state index contributed by atoms with van der Waals surface area (Å²) < 4.78 is 12.2. The Morgan fingerprint density at radius 3 is 2.70 bits per heavy atom. The summed E-state index contributed by atoms with van der Waals surface area (Å²) in [5.74, 6) is 0.358. The van der Waals surface area contributed by atoms with Crippen LogP contribution in [0.25, 0.3) is 6.08 Å². The van der Waals surface area contributed by atoms with E-state index in [1.165, 1.54) is 23.8 Å². The zero-order valence-electron chi connectivity index (χ0n) is 15.9. The Labute approximate surface area is 196 Å². The van der Waals surface area contributed by atoms with Crippen LogP contribution in [-0.4, -0.2) is 41.8 Å². The van der Waals surface area contributed by atoms with E-state index >= 15 is 0 Å². The lowest BCUT2D eigenvalue weighted by atomic mass is 10.2. The normalized spacial score (nSPS) is 14.9. The number of anilines is 1. The highest BCUT2D eigenvalue weighted by atomic mass is 79.9. The van der Waals surface area contributed by atoms with Crippen LogP contribution in [0.5, 0.6) is 11.5 Å². The van der Waals surface area contributed by atoms with Crippen molar-refractivity contribution in [3.8, 4) is 11.5 Å². The van der Waals surface area contributed by atoms with Gasteiger partial charge in [0.1, 0.15) is 4.32 Å². The van der Waals surface area contributed by atoms with Crippen molar-refractivity contribution in [1.29, 1.82) is 0 Å². The van der Waals surface area contributed by atoms with Crippen LogP contribution < -0.4 is 14.8 Å². The molecule has 1 saturated heterocycles. The average Bonchev–Trinajstić information content (AvgIpc) is 2.96. The Kier molecular flexibility index (Phi) is 7.41. The summed E-state index contributed by atoms with van der Waals surface area (Å²) in [7, 11) is 3.14. The van der Waals surface area contributed by atoms with Gasteiger partial charge in [-0.05, 0) is 57.9 Å². The molecule has 30 heavy (non-hydrogen) atoms. The fourth-order valence-electron chi connectivity index (χ4n) is 2.50. The number of thiocarbonyl (C=S) groups is 1. The molecule has 1 N–H and O–H groups in total. The van der Waals surface area contributed by atoms with Crippen molar-refractivity contribution in [3.63, 3.8) is 0 Å². The van der Waals surface area contributed by atoms with Crippen LogP contribution >= 0.6 is 51.5 Å². The van der Waals surface area contributed by atoms with E-state index in [0.29, 0.717) is 31.4 Å². The van der Waals surface area contributed by atoms with Crippen molar-refractivity contribution in [1.82, 2.24) is 4.90 Å². The van der Waals surface area contributed by atoms with Crippen LogP contribution in [0.15, 0.2) is 45.8 Å². The van der Waals surface area contributed by atoms with E-state index in [0.717, 1.165) is 10.0 Å². The molecule has 1 heterocycles. The van der Waals surface area contributed by atoms with E-state index in [1.807, 2.05) is 0 Å². The van der Waals surface area contributed by atoms with Gasteiger partial charge in [-0.15, -0.1) is 0 Å². The van der Waals surface area contributed by atoms with E-state index < -0.39 is 0 Å². The second-order valence-corrected chi connectivity index (χ2v) is 9.05. The van der Waals surface area contributed by atoms with Gasteiger partial charge in [-0.3, -0.25) is 14.5 Å². The molecule has 6 nitrogen and oxygen atoms in total. The van der Waals surface area contributed by atoms with Gasteiger partial charge < -0.3 is 14.8 Å². The monoisotopic (exact) mass is 526 g/mol. The number of ether oxygens (including phenoxy) is 2. The van der Waals surface area contributed by atoms with Gasteiger partial charge in [0.2, 0.25) is 0 Å². The maximum Gasteiger partial charge on any atom is 0.265 e. The minimum atomic E-state index is -0.342. The fraction of sp³-hybridized carbons (Fsp3) is 0.150. The van der Waals surface area contributed by atoms with Gasteiger partial charge in [0.05, 0.1) is 17.0 Å². The lowest BCUT2D eigenvalue weighted by Crippen LogP contribution is -2.22. The van der Waals surface area contributed by atoms with Crippen LogP contribution in [0.4, 0.5) is 5.69 Å². The number of hydrogen-bond donors (Lipinski definition) is 1. The maximum absolute atomic E-state index is 12.2. The lowest BCUT2D eigenvalue weighted by Gasteiger charge is -2.12. The van der Waals surface area contributed by atoms with Crippen LogP contribution in [0.2, 0.25) is 5.02 Å². The first-order valence-corrected chi connectivity index (χ1v) is 11.0. The van der Waals surface area contributed by atoms with Crippen molar-refractivity contribution in [2.24, 2.45) is 0 Å². The molecule has 0 unspecified atom stereocenters. The molecule has 1 aliphatic rings. The molecule has 2 aromatic rings. The summed E-state index contributed by atoms with van der Waals surface area (Å²) in [6.07, 6.45) is 1.74. The quantitative estimate of drug-likeness (QED) is 0.423. The molecule has 1 aliphatic heterocycles. The van der Waals surface area contributed by atoms with Crippen LogP contribution in [0.3, 0.4) is 0 Å². The third-order valence-corrected chi connectivity index (χ3v) is 6.75. The van der Waals surface area contributed by atoms with E-state index in [1.54, 1.807) is 49.5 Å². The first-order valence-electron chi connectivity index (χ1n) is 8.56. The molecule has 2 aromatic carbocycles. The van der Waals surface area contributed by atoms with Crippen LogP contribution in [-0.2, 0) is 9.59 Å². The van der Waals surface area contributed by atoms with Gasteiger partial charge in [-0.25, -0.2) is 0 Å². The topological polar surface area (TPSA) is 67.9 Å². The van der Waals surface area contributed by atoms with Gasteiger partial charge in [0, 0.05) is 17.2 Å². The molecule has 0 atom stereocenters. The Morgan fingerprint density at radius 2 is 2.07 bits per heavy atom. The number of amides is 2. The van der Waals surface area contributed by atoms with E-state index in [2.05, 4.69) is 21.2 Å². The molecule has 0 bridgehead atoms. The summed E-state index contributed by atoms with van der Waals surface area (Å²) in [5.41, 5.74) is 1.31. The zero-order chi connectivity index (χ0) is 21.8. The molecule has 3 rings (SSSR count). The van der Waals surface area contributed by atoms with Crippen molar-refractivity contribution in [2.75, 3.05) is 26.1 Å². The summed E-state index contributed by atoms with van der Waals surface area (Å²) in [4.78, 5) is 26.3. The highest BCUT2D eigenvalue weighted by Gasteiger charge is 2.28. The minimum Gasteiger partial charge on any atom is -0.493 e. The SMILES string of the molecule is COc1cc(/C=C2\SC(=S)N(C)C2=O)ccc1OCC(=O)Nc1ccc(Br)c(Cl)c1. The van der Waals surface area contributed by atoms with Gasteiger partial charge in [0.15, 0.2) is 18.1 Å². The highest BCUT2D eigenvalue weighted by Crippen LogP contribution is 2.34. The van der Waals surface area contributed by atoms with E-state index in [-0.39, 0.29) is 18.4 Å². The number of halogens is 2. The van der Waals surface area contributed by atoms with Gasteiger partial charge in [0.25, 0.3) is 11.8 Å². The molecular formula is C20H16BrClN2O4S2. The number of likely N-dealkylation sites (N-methyl/N-ethyl adjacent to an activating group) is 1. The Balaban J connectivity index is 1.66. The number of rotatable bonds is 6. The first-order chi connectivity index (χ1) is 14.3. The number of nitrogens with one attached hydrogen (secondary N) is 1. The van der Waals surface area contributed by atoms with Gasteiger partial charge >= 0.3 is 0 Å². The van der Waals surface area contributed by atoms with Crippen LogP contribution in [0, 0.1) is 0 Å². The Morgan fingerprint density at radius 1 is 1.30 bits per heavy atom. The smallest absolute Gasteiger partial charge is 0.265 e. The number of carbonyl (C=O) groups is 2. The molecule has 0 radical (unpaired) electrons. The minimum absolute atomic E-state index is 0.144. The molecular weight excluding hydrogens is 512 g/mol. The number of hydrogen-bond acceptors (Lipinski definition) is 6. The van der Waals surface area contributed by atoms with Crippen molar-refractivity contribution < 1.29 is 19.1 Å². The van der Waals surface area contributed by atoms with Gasteiger partial charge in [-0.2, -0.15) is 0 Å². The van der Waals surface area contributed by atoms with Crippen molar-refractivity contribution in [3.05, 3.63) is 56.4 Å². The molecule has 156 valence electrons. The second kappa shape index (κ2) is 9.82. The third-order valence-electron chi connectivity index (χ3n) is 4.03. The largest absolute Gasteiger partial charge is 0.493 e. The summed E-state index contributed by atoms with van der Waals surface area (Å²) >= 11 is 15.7. The first kappa shape index (κ1) is 22.6. The van der Waals surface area contributed by atoms with Crippen LogP contribution in [0.1, 0.15) is 5.56 Å². The molecule has 0 aromatic heterocycles. The number of benzene rings is 2. The van der Waals surface area contributed by atoms with E-state index in [9.17, 15) is 9.59 Å². The molecule has 10 heteroatoms. The number of nitrogens with zero attached hydrogens (tertiary/aromatic N) is 1. The molecule has 2 amide bonds.